The smallest absolute Gasteiger partial charge is 0.251 e. The third-order valence-corrected chi connectivity index (χ3v) is 7.10. The van der Waals surface area contributed by atoms with Crippen LogP contribution in [0, 0.1) is 0 Å². The van der Waals surface area contributed by atoms with E-state index in [-0.39, 0.29) is 18.0 Å². The molecule has 1 N–H and O–H groups in total. The minimum absolute atomic E-state index is 0.0453. The summed E-state index contributed by atoms with van der Waals surface area (Å²) in [6.07, 6.45) is 0. The third-order valence-electron chi connectivity index (χ3n) is 6.15. The van der Waals surface area contributed by atoms with E-state index in [2.05, 4.69) is 51.7 Å². The summed E-state index contributed by atoms with van der Waals surface area (Å²) in [4.78, 5) is 19.1. The van der Waals surface area contributed by atoms with Crippen molar-refractivity contribution in [3.05, 3.63) is 76.5 Å². The number of carbonyl (C=O) groups excluding carboxylic acids is 1. The van der Waals surface area contributed by atoms with Crippen LogP contribution in [0.5, 0.6) is 11.5 Å². The van der Waals surface area contributed by atoms with E-state index < -0.39 is 0 Å². The number of amides is 1. The number of hydrogen-bond acceptors (Lipinski definition) is 6. The topological polar surface area (TPSA) is 54.0 Å². The highest BCUT2D eigenvalue weighted by atomic mass is 32.1. The number of nitrogens with zero attached hydrogens (tertiary/aromatic N) is 2. The molecule has 2 aromatic carbocycles. The molecule has 0 saturated carbocycles. The van der Waals surface area contributed by atoms with Gasteiger partial charge in [-0.1, -0.05) is 18.2 Å². The molecule has 1 aliphatic heterocycles. The van der Waals surface area contributed by atoms with Crippen molar-refractivity contribution in [1.82, 2.24) is 10.2 Å². The van der Waals surface area contributed by atoms with Crippen LogP contribution in [0.25, 0.3) is 0 Å². The summed E-state index contributed by atoms with van der Waals surface area (Å²) < 4.78 is 10.8. The summed E-state index contributed by atoms with van der Waals surface area (Å²) in [6.45, 7) is 5.72. The molecule has 1 aromatic heterocycles. The Bertz CT molecular complexity index is 1030. The van der Waals surface area contributed by atoms with E-state index in [0.717, 1.165) is 43.4 Å². The van der Waals surface area contributed by atoms with Gasteiger partial charge in [-0.15, -0.1) is 11.3 Å². The van der Waals surface area contributed by atoms with Gasteiger partial charge < -0.3 is 19.7 Å². The molecule has 0 unspecified atom stereocenters. The molecule has 0 radical (unpaired) electrons. The average molecular weight is 466 g/mol. The van der Waals surface area contributed by atoms with Crippen molar-refractivity contribution in [2.75, 3.05) is 45.3 Å². The van der Waals surface area contributed by atoms with Crippen molar-refractivity contribution < 1.29 is 14.3 Å². The van der Waals surface area contributed by atoms with E-state index in [1.807, 2.05) is 24.3 Å². The van der Waals surface area contributed by atoms with Gasteiger partial charge in [-0.25, -0.2) is 0 Å². The van der Waals surface area contributed by atoms with E-state index in [1.54, 1.807) is 37.7 Å². The lowest BCUT2D eigenvalue weighted by atomic mass is 10.0. The number of methoxy groups -OCH3 is 2. The van der Waals surface area contributed by atoms with Crippen LogP contribution in [0.4, 0.5) is 5.69 Å². The van der Waals surface area contributed by atoms with Crippen LogP contribution in [-0.4, -0.2) is 57.2 Å². The molecule has 3 aromatic rings. The lowest BCUT2D eigenvalue weighted by molar-refractivity contribution is 0.0890. The quantitative estimate of drug-likeness (QED) is 0.533. The highest BCUT2D eigenvalue weighted by molar-refractivity contribution is 7.10. The molecule has 4 rings (SSSR count). The second kappa shape index (κ2) is 10.7. The van der Waals surface area contributed by atoms with Crippen LogP contribution in [0.1, 0.15) is 28.2 Å². The number of thiophene rings is 1. The fourth-order valence-electron chi connectivity index (χ4n) is 4.45. The lowest BCUT2D eigenvalue weighted by Crippen LogP contribution is -2.52. The number of hydrogen-bond donors (Lipinski definition) is 1. The zero-order valence-electron chi connectivity index (χ0n) is 19.4. The average Bonchev–Trinajstić information content (AvgIpc) is 3.39. The molecule has 2 atom stereocenters. The third kappa shape index (κ3) is 5.31. The van der Waals surface area contributed by atoms with Crippen molar-refractivity contribution in [3.63, 3.8) is 0 Å². The molecule has 33 heavy (non-hydrogen) atoms. The molecule has 0 spiro atoms. The van der Waals surface area contributed by atoms with Gasteiger partial charge in [0, 0.05) is 42.7 Å². The van der Waals surface area contributed by atoms with E-state index in [4.69, 9.17) is 9.47 Å². The lowest BCUT2D eigenvalue weighted by Gasteiger charge is -2.42. The summed E-state index contributed by atoms with van der Waals surface area (Å²) in [7, 11) is 3.34. The van der Waals surface area contributed by atoms with Crippen LogP contribution in [-0.2, 0) is 0 Å². The molecule has 174 valence electrons. The largest absolute Gasteiger partial charge is 0.497 e. The monoisotopic (exact) mass is 465 g/mol. The summed E-state index contributed by atoms with van der Waals surface area (Å²) in [5, 5.41) is 5.33. The Hall–Kier alpha value is -3.03. The number of ether oxygens (including phenoxy) is 2. The van der Waals surface area contributed by atoms with Crippen LogP contribution >= 0.6 is 11.3 Å². The van der Waals surface area contributed by atoms with Crippen molar-refractivity contribution in [2.24, 2.45) is 0 Å². The predicted octanol–water partition coefficient (Wildman–Crippen LogP) is 4.45. The number of piperazine rings is 1. The normalized spacial score (nSPS) is 16.2. The zero-order valence-corrected chi connectivity index (χ0v) is 20.2. The van der Waals surface area contributed by atoms with Gasteiger partial charge in [0.25, 0.3) is 5.91 Å². The minimum atomic E-state index is -0.0700. The number of rotatable bonds is 8. The van der Waals surface area contributed by atoms with E-state index in [1.165, 1.54) is 4.88 Å². The molecule has 7 heteroatoms. The fourth-order valence-corrected chi connectivity index (χ4v) is 5.41. The highest BCUT2D eigenvalue weighted by Gasteiger charge is 2.31. The molecule has 1 saturated heterocycles. The van der Waals surface area contributed by atoms with Crippen LogP contribution < -0.4 is 19.7 Å². The maximum atomic E-state index is 12.9. The summed E-state index contributed by atoms with van der Waals surface area (Å²) >= 11 is 1.74. The molecule has 2 heterocycles. The first-order valence-corrected chi connectivity index (χ1v) is 12.1. The zero-order chi connectivity index (χ0) is 23.2. The summed E-state index contributed by atoms with van der Waals surface area (Å²) in [5.74, 6) is 1.57. The van der Waals surface area contributed by atoms with Gasteiger partial charge >= 0.3 is 0 Å². The molecule has 0 bridgehead atoms. The number of nitrogens with one attached hydrogen (secondary N) is 1. The molecule has 6 nitrogen and oxygen atoms in total. The van der Waals surface area contributed by atoms with Gasteiger partial charge in [0.2, 0.25) is 0 Å². The Morgan fingerprint density at radius 1 is 0.939 bits per heavy atom. The van der Waals surface area contributed by atoms with E-state index >= 15 is 0 Å². The molecular weight excluding hydrogens is 434 g/mol. The number of anilines is 1. The van der Waals surface area contributed by atoms with Crippen molar-refractivity contribution in [1.29, 1.82) is 0 Å². The maximum Gasteiger partial charge on any atom is 0.251 e. The second-order valence-corrected chi connectivity index (χ2v) is 9.13. The van der Waals surface area contributed by atoms with Gasteiger partial charge in [0.15, 0.2) is 0 Å². The predicted molar refractivity (Wildman–Crippen MR) is 134 cm³/mol. The van der Waals surface area contributed by atoms with Gasteiger partial charge in [-0.2, -0.15) is 0 Å². The van der Waals surface area contributed by atoms with Crippen molar-refractivity contribution in [3.8, 4) is 11.5 Å². The number of para-hydroxylation sites is 2. The van der Waals surface area contributed by atoms with Crippen molar-refractivity contribution in [2.45, 2.75) is 19.0 Å². The summed E-state index contributed by atoms with van der Waals surface area (Å²) in [6, 6.07) is 19.7. The maximum absolute atomic E-state index is 12.9. The van der Waals surface area contributed by atoms with Crippen LogP contribution in [0.15, 0.2) is 66.0 Å². The van der Waals surface area contributed by atoms with Crippen LogP contribution in [0.3, 0.4) is 0 Å². The Morgan fingerprint density at radius 2 is 1.67 bits per heavy atom. The molecule has 1 fully saturated rings. The van der Waals surface area contributed by atoms with Gasteiger partial charge in [0.05, 0.1) is 25.9 Å². The van der Waals surface area contributed by atoms with E-state index in [9.17, 15) is 4.79 Å². The minimum Gasteiger partial charge on any atom is -0.497 e. The number of carbonyl (C=O) groups is 1. The van der Waals surface area contributed by atoms with E-state index in [0.29, 0.717) is 5.56 Å². The van der Waals surface area contributed by atoms with Gasteiger partial charge in [-0.05, 0) is 54.8 Å². The highest BCUT2D eigenvalue weighted by Crippen LogP contribution is 2.32. The molecule has 0 aliphatic carbocycles. The Balaban J connectivity index is 1.46. The Morgan fingerprint density at radius 3 is 2.30 bits per heavy atom. The van der Waals surface area contributed by atoms with Crippen LogP contribution in [0.2, 0.25) is 0 Å². The number of benzene rings is 2. The van der Waals surface area contributed by atoms with Gasteiger partial charge in [0.1, 0.15) is 11.5 Å². The first-order valence-electron chi connectivity index (χ1n) is 11.2. The first-order chi connectivity index (χ1) is 16.1. The fraction of sp³-hybridized carbons (Fsp3) is 0.346. The summed E-state index contributed by atoms with van der Waals surface area (Å²) in [5.41, 5.74) is 1.77. The molecule has 1 aliphatic rings. The first kappa shape index (κ1) is 23.1. The van der Waals surface area contributed by atoms with Crippen molar-refractivity contribution >= 4 is 22.9 Å². The molecular formula is C26H31N3O3S. The SMILES string of the molecule is COc1ccc(C(=O)N[C@@H](C)[C@H](c2cccs2)N2CCN(c3ccccc3OC)CC2)cc1. The van der Waals surface area contributed by atoms with Gasteiger partial charge in [-0.3, -0.25) is 9.69 Å². The Kier molecular flexibility index (Phi) is 7.52. The molecule has 1 amide bonds. The second-order valence-electron chi connectivity index (χ2n) is 8.15. The Labute approximate surface area is 199 Å². The standard InChI is InChI=1S/C26H31N3O3S/c1-19(27-26(30)20-10-12-21(31-2)13-11-20)25(24-9-6-18-33-24)29-16-14-28(15-17-29)22-7-4-5-8-23(22)32-3/h4-13,18-19,25H,14-17H2,1-3H3,(H,27,30)/t19-,25+/m0/s1.